The monoisotopic (exact) mass is 295 g/mol. The van der Waals surface area contributed by atoms with Gasteiger partial charge < -0.3 is 9.80 Å². The lowest BCUT2D eigenvalue weighted by Crippen LogP contribution is -2.51. The Hall–Kier alpha value is -1.62. The summed E-state index contributed by atoms with van der Waals surface area (Å²) in [4.78, 5) is 31.6. The minimum absolute atomic E-state index is 0.00211. The van der Waals surface area contributed by atoms with Gasteiger partial charge in [0.05, 0.1) is 5.56 Å². The van der Waals surface area contributed by atoms with E-state index in [1.54, 1.807) is 17.0 Å². The average Bonchev–Trinajstić information content (AvgIpc) is 2.46. The molecule has 2 heterocycles. The molecule has 6 heteroatoms. The number of carbonyl (C=O) groups excluding carboxylic acids is 2. The predicted octanol–water partition coefficient (Wildman–Crippen LogP) is 1.68. The van der Waals surface area contributed by atoms with Crippen LogP contribution in [0, 0.1) is 5.92 Å². The predicted molar refractivity (Wildman–Crippen MR) is 76.6 cm³/mol. The van der Waals surface area contributed by atoms with Gasteiger partial charge in [-0.15, -0.1) is 0 Å². The van der Waals surface area contributed by atoms with Gasteiger partial charge in [0.2, 0.25) is 5.91 Å². The van der Waals surface area contributed by atoms with Gasteiger partial charge in [0.15, 0.2) is 0 Å². The van der Waals surface area contributed by atoms with Gasteiger partial charge in [0, 0.05) is 38.3 Å². The fraction of sp³-hybridized carbons (Fsp3) is 0.500. The van der Waals surface area contributed by atoms with Crippen LogP contribution in [0.15, 0.2) is 18.3 Å². The molecule has 1 aliphatic rings. The molecular weight excluding hydrogens is 278 g/mol. The summed E-state index contributed by atoms with van der Waals surface area (Å²) in [6, 6.07) is 3.27. The molecule has 0 atom stereocenters. The third-order valence-corrected chi connectivity index (χ3v) is 3.57. The maximum absolute atomic E-state index is 12.3. The quantitative estimate of drug-likeness (QED) is 0.780. The Morgan fingerprint density at radius 3 is 2.25 bits per heavy atom. The normalized spacial score (nSPS) is 15.6. The Morgan fingerprint density at radius 1 is 1.15 bits per heavy atom. The number of amides is 2. The van der Waals surface area contributed by atoms with E-state index < -0.39 is 0 Å². The highest BCUT2D eigenvalue weighted by Crippen LogP contribution is 2.12. The molecule has 0 aromatic carbocycles. The van der Waals surface area contributed by atoms with Crippen molar-refractivity contribution in [2.45, 2.75) is 13.8 Å². The molecule has 1 aromatic rings. The highest BCUT2D eigenvalue weighted by Gasteiger charge is 2.25. The summed E-state index contributed by atoms with van der Waals surface area (Å²) in [7, 11) is 0. The van der Waals surface area contributed by atoms with Crippen LogP contribution in [0.2, 0.25) is 5.15 Å². The SMILES string of the molecule is CC(C)C(=O)N1CCN(C(=O)c2ccc(Cl)nc2)CC1. The van der Waals surface area contributed by atoms with Crippen LogP contribution in [0.3, 0.4) is 0 Å². The molecule has 5 nitrogen and oxygen atoms in total. The van der Waals surface area contributed by atoms with Crippen LogP contribution < -0.4 is 0 Å². The minimum Gasteiger partial charge on any atom is -0.339 e. The van der Waals surface area contributed by atoms with Crippen LogP contribution >= 0.6 is 11.6 Å². The first-order valence-electron chi connectivity index (χ1n) is 6.68. The lowest BCUT2D eigenvalue weighted by Gasteiger charge is -2.35. The van der Waals surface area contributed by atoms with Crippen molar-refractivity contribution in [3.63, 3.8) is 0 Å². The summed E-state index contributed by atoms with van der Waals surface area (Å²) in [5, 5.41) is 0.369. The van der Waals surface area contributed by atoms with E-state index in [2.05, 4.69) is 4.98 Å². The Morgan fingerprint density at radius 2 is 1.75 bits per heavy atom. The number of rotatable bonds is 2. The molecule has 108 valence electrons. The molecule has 1 aromatic heterocycles. The number of halogens is 1. The van der Waals surface area contributed by atoms with Crippen molar-refractivity contribution >= 4 is 23.4 Å². The molecule has 1 aliphatic heterocycles. The Balaban J connectivity index is 1.95. The highest BCUT2D eigenvalue weighted by atomic mass is 35.5. The molecule has 1 saturated heterocycles. The number of carbonyl (C=O) groups is 2. The second-order valence-corrected chi connectivity index (χ2v) is 5.53. The summed E-state index contributed by atoms with van der Waals surface area (Å²) >= 11 is 5.71. The zero-order valence-electron chi connectivity index (χ0n) is 11.7. The van der Waals surface area contributed by atoms with Gasteiger partial charge in [-0.2, -0.15) is 0 Å². The van der Waals surface area contributed by atoms with Crippen LogP contribution in [-0.2, 0) is 4.79 Å². The van der Waals surface area contributed by atoms with E-state index in [0.717, 1.165) is 0 Å². The lowest BCUT2D eigenvalue weighted by molar-refractivity contribution is -0.135. The first kappa shape index (κ1) is 14.8. The van der Waals surface area contributed by atoms with Gasteiger partial charge in [-0.1, -0.05) is 25.4 Å². The van der Waals surface area contributed by atoms with Crippen LogP contribution in [0.5, 0.6) is 0 Å². The second-order valence-electron chi connectivity index (χ2n) is 5.14. The van der Waals surface area contributed by atoms with Crippen LogP contribution in [0.25, 0.3) is 0 Å². The summed E-state index contributed by atoms with van der Waals surface area (Å²) in [5.74, 6) is 0.0776. The largest absolute Gasteiger partial charge is 0.339 e. The van der Waals surface area contributed by atoms with E-state index in [4.69, 9.17) is 11.6 Å². The molecule has 20 heavy (non-hydrogen) atoms. The summed E-state index contributed by atoms with van der Waals surface area (Å²) in [6.45, 7) is 6.06. The smallest absolute Gasteiger partial charge is 0.255 e. The maximum atomic E-state index is 12.3. The molecule has 0 spiro atoms. The zero-order valence-corrected chi connectivity index (χ0v) is 12.4. The average molecular weight is 296 g/mol. The summed E-state index contributed by atoms with van der Waals surface area (Å²) in [6.07, 6.45) is 1.48. The molecule has 0 unspecified atom stereocenters. The van der Waals surface area contributed by atoms with Gasteiger partial charge in [-0.25, -0.2) is 4.98 Å². The molecule has 0 bridgehead atoms. The standard InChI is InChI=1S/C14H18ClN3O2/c1-10(2)13(19)17-5-7-18(8-6-17)14(20)11-3-4-12(15)16-9-11/h3-4,9-10H,5-8H2,1-2H3. The van der Waals surface area contributed by atoms with Crippen molar-refractivity contribution in [1.82, 2.24) is 14.8 Å². The van der Waals surface area contributed by atoms with E-state index >= 15 is 0 Å². The number of nitrogens with zero attached hydrogens (tertiary/aromatic N) is 3. The van der Waals surface area contributed by atoms with Crippen molar-refractivity contribution in [3.05, 3.63) is 29.0 Å². The minimum atomic E-state index is -0.0641. The van der Waals surface area contributed by atoms with Crippen LogP contribution in [-0.4, -0.2) is 52.8 Å². The first-order chi connectivity index (χ1) is 9.49. The zero-order chi connectivity index (χ0) is 14.7. The Bertz CT molecular complexity index is 494. The summed E-state index contributed by atoms with van der Waals surface area (Å²) < 4.78 is 0. The molecule has 1 fully saturated rings. The molecule has 0 saturated carbocycles. The van der Waals surface area contributed by atoms with Crippen molar-refractivity contribution in [2.75, 3.05) is 26.2 Å². The number of pyridine rings is 1. The lowest BCUT2D eigenvalue weighted by atomic mass is 10.1. The molecule has 0 radical (unpaired) electrons. The van der Waals surface area contributed by atoms with Gasteiger partial charge in [0.1, 0.15) is 5.15 Å². The maximum Gasteiger partial charge on any atom is 0.255 e. The molecular formula is C14H18ClN3O2. The number of hydrogen-bond donors (Lipinski definition) is 0. The van der Waals surface area contributed by atoms with Crippen molar-refractivity contribution in [2.24, 2.45) is 5.92 Å². The third-order valence-electron chi connectivity index (χ3n) is 3.35. The van der Waals surface area contributed by atoms with Gasteiger partial charge in [0.25, 0.3) is 5.91 Å². The van der Waals surface area contributed by atoms with E-state index in [9.17, 15) is 9.59 Å². The highest BCUT2D eigenvalue weighted by molar-refractivity contribution is 6.29. The van der Waals surface area contributed by atoms with E-state index in [1.165, 1.54) is 6.20 Å². The van der Waals surface area contributed by atoms with Crippen molar-refractivity contribution in [3.8, 4) is 0 Å². The number of aromatic nitrogens is 1. The summed E-state index contributed by atoms with van der Waals surface area (Å²) in [5.41, 5.74) is 0.526. The van der Waals surface area contributed by atoms with E-state index in [1.807, 2.05) is 18.7 Å². The fourth-order valence-corrected chi connectivity index (χ4v) is 2.29. The number of piperazine rings is 1. The van der Waals surface area contributed by atoms with Crippen LogP contribution in [0.4, 0.5) is 0 Å². The second kappa shape index (κ2) is 6.22. The van der Waals surface area contributed by atoms with E-state index in [-0.39, 0.29) is 17.7 Å². The fourth-order valence-electron chi connectivity index (χ4n) is 2.18. The van der Waals surface area contributed by atoms with Gasteiger partial charge >= 0.3 is 0 Å². The Labute approximate surface area is 123 Å². The molecule has 0 aliphatic carbocycles. The van der Waals surface area contributed by atoms with Crippen molar-refractivity contribution < 1.29 is 9.59 Å². The van der Waals surface area contributed by atoms with E-state index in [0.29, 0.717) is 36.9 Å². The molecule has 2 amide bonds. The first-order valence-corrected chi connectivity index (χ1v) is 7.06. The molecule has 0 N–H and O–H groups in total. The van der Waals surface area contributed by atoms with Gasteiger partial charge in [-0.3, -0.25) is 9.59 Å². The van der Waals surface area contributed by atoms with Crippen molar-refractivity contribution in [1.29, 1.82) is 0 Å². The Kier molecular flexibility index (Phi) is 4.60. The van der Waals surface area contributed by atoms with Gasteiger partial charge in [-0.05, 0) is 12.1 Å². The topological polar surface area (TPSA) is 53.5 Å². The third kappa shape index (κ3) is 3.28. The number of hydrogen-bond acceptors (Lipinski definition) is 3. The molecule has 2 rings (SSSR count). The van der Waals surface area contributed by atoms with Crippen LogP contribution in [0.1, 0.15) is 24.2 Å².